The van der Waals surface area contributed by atoms with Crippen LogP contribution in [0.2, 0.25) is 5.02 Å². The van der Waals surface area contributed by atoms with Crippen molar-refractivity contribution in [2.24, 2.45) is 0 Å². The Kier molecular flexibility index (Phi) is 4.16. The van der Waals surface area contributed by atoms with Crippen LogP contribution in [-0.4, -0.2) is 53.7 Å². The number of anilines is 1. The number of H-pyrrole nitrogens is 1. The number of rotatable bonds is 2. The summed E-state index contributed by atoms with van der Waals surface area (Å²) in [4.78, 5) is 17.0. The number of carbonyl (C=O) groups excluding carboxylic acids is 1. The summed E-state index contributed by atoms with van der Waals surface area (Å²) >= 11 is 6.07. The van der Waals surface area contributed by atoms with Crippen molar-refractivity contribution >= 4 is 23.2 Å². The average molecular weight is 346 g/mol. The fourth-order valence-corrected chi connectivity index (χ4v) is 3.58. The number of amides is 1. The molecule has 6 nitrogen and oxygen atoms in total. The Bertz CT molecular complexity index is 751. The molecule has 2 aliphatic heterocycles. The van der Waals surface area contributed by atoms with Crippen LogP contribution < -0.4 is 10.2 Å². The van der Waals surface area contributed by atoms with E-state index in [4.69, 9.17) is 11.6 Å². The smallest absolute Gasteiger partial charge is 0.274 e. The van der Waals surface area contributed by atoms with E-state index in [0.29, 0.717) is 18.8 Å². The number of hydrogen-bond acceptors (Lipinski definition) is 4. The van der Waals surface area contributed by atoms with E-state index in [1.165, 1.54) is 0 Å². The molecule has 0 unspecified atom stereocenters. The molecule has 7 heteroatoms. The third-order valence-corrected chi connectivity index (χ3v) is 4.98. The highest BCUT2D eigenvalue weighted by molar-refractivity contribution is 6.30. The molecule has 2 N–H and O–H groups in total. The van der Waals surface area contributed by atoms with Gasteiger partial charge in [-0.05, 0) is 18.2 Å². The number of nitrogens with one attached hydrogen (secondary N) is 2. The lowest BCUT2D eigenvalue weighted by Crippen LogP contribution is -2.49. The van der Waals surface area contributed by atoms with E-state index < -0.39 is 0 Å². The largest absolute Gasteiger partial charge is 0.368 e. The summed E-state index contributed by atoms with van der Waals surface area (Å²) in [6.07, 6.45) is 0.901. The minimum Gasteiger partial charge on any atom is -0.368 e. The van der Waals surface area contributed by atoms with E-state index in [0.717, 1.165) is 54.6 Å². The van der Waals surface area contributed by atoms with Gasteiger partial charge in [-0.15, -0.1) is 0 Å². The highest BCUT2D eigenvalue weighted by Crippen LogP contribution is 2.22. The van der Waals surface area contributed by atoms with Crippen LogP contribution in [0.5, 0.6) is 0 Å². The molecule has 126 valence electrons. The van der Waals surface area contributed by atoms with Gasteiger partial charge in [0.05, 0.1) is 0 Å². The van der Waals surface area contributed by atoms with Gasteiger partial charge in [-0.3, -0.25) is 9.89 Å². The molecule has 4 rings (SSSR count). The Morgan fingerprint density at radius 2 is 2.04 bits per heavy atom. The zero-order valence-electron chi connectivity index (χ0n) is 13.4. The van der Waals surface area contributed by atoms with Crippen molar-refractivity contribution in [3.63, 3.8) is 0 Å². The minimum atomic E-state index is 0.0296. The van der Waals surface area contributed by atoms with Crippen molar-refractivity contribution in [3.8, 4) is 0 Å². The van der Waals surface area contributed by atoms with E-state index in [-0.39, 0.29) is 5.91 Å². The Morgan fingerprint density at radius 1 is 1.21 bits per heavy atom. The predicted molar refractivity (Wildman–Crippen MR) is 93.6 cm³/mol. The van der Waals surface area contributed by atoms with Crippen LogP contribution in [0.25, 0.3) is 0 Å². The predicted octanol–water partition coefficient (Wildman–Crippen LogP) is 1.67. The second kappa shape index (κ2) is 6.45. The fraction of sp³-hybridized carbons (Fsp3) is 0.412. The van der Waals surface area contributed by atoms with Crippen molar-refractivity contribution in [2.75, 3.05) is 37.6 Å². The summed E-state index contributed by atoms with van der Waals surface area (Å²) in [7, 11) is 0. The third kappa shape index (κ3) is 2.87. The molecule has 3 heterocycles. The number of fused-ring (bicyclic) bond motifs is 1. The molecular formula is C17H20ClN5O. The SMILES string of the molecule is O=C(c1n[nH]c2c1CNCC2)N1CCN(c2cccc(Cl)c2)CC1. The molecule has 1 amide bonds. The van der Waals surface area contributed by atoms with Gasteiger partial charge in [0, 0.05) is 67.7 Å². The number of benzene rings is 1. The highest BCUT2D eigenvalue weighted by atomic mass is 35.5. The second-order valence-corrected chi connectivity index (χ2v) is 6.65. The van der Waals surface area contributed by atoms with E-state index in [9.17, 15) is 4.79 Å². The molecule has 1 fully saturated rings. The zero-order valence-corrected chi connectivity index (χ0v) is 14.1. The van der Waals surface area contributed by atoms with Crippen LogP contribution in [0.15, 0.2) is 24.3 Å². The molecule has 2 aromatic rings. The summed E-state index contributed by atoms with van der Waals surface area (Å²) in [5.41, 5.74) is 3.81. The van der Waals surface area contributed by atoms with E-state index >= 15 is 0 Å². The van der Waals surface area contributed by atoms with Gasteiger partial charge in [-0.2, -0.15) is 5.10 Å². The number of nitrogens with zero attached hydrogens (tertiary/aromatic N) is 3. The van der Waals surface area contributed by atoms with Crippen LogP contribution in [0.1, 0.15) is 21.7 Å². The van der Waals surface area contributed by atoms with Crippen LogP contribution >= 0.6 is 11.6 Å². The Hall–Kier alpha value is -2.05. The summed E-state index contributed by atoms with van der Waals surface area (Å²) in [5, 5.41) is 11.3. The molecule has 0 aliphatic carbocycles. The Morgan fingerprint density at radius 3 is 2.83 bits per heavy atom. The standard InChI is InChI=1S/C17H20ClN5O/c18-12-2-1-3-13(10-12)22-6-8-23(9-7-22)17(24)16-14-11-19-5-4-15(14)20-21-16/h1-3,10,19H,4-9,11H2,(H,20,21). The summed E-state index contributed by atoms with van der Waals surface area (Å²) < 4.78 is 0. The summed E-state index contributed by atoms with van der Waals surface area (Å²) in [5.74, 6) is 0.0296. The fourth-order valence-electron chi connectivity index (χ4n) is 3.39. The van der Waals surface area contributed by atoms with Crippen molar-refractivity contribution in [1.29, 1.82) is 0 Å². The lowest BCUT2D eigenvalue weighted by Gasteiger charge is -2.36. The van der Waals surface area contributed by atoms with Crippen molar-refractivity contribution in [3.05, 3.63) is 46.2 Å². The third-order valence-electron chi connectivity index (χ3n) is 4.75. The lowest BCUT2D eigenvalue weighted by atomic mass is 10.1. The van der Waals surface area contributed by atoms with Gasteiger partial charge < -0.3 is 15.1 Å². The maximum Gasteiger partial charge on any atom is 0.274 e. The maximum absolute atomic E-state index is 12.8. The highest BCUT2D eigenvalue weighted by Gasteiger charge is 2.28. The van der Waals surface area contributed by atoms with E-state index in [2.05, 4.69) is 26.5 Å². The van der Waals surface area contributed by atoms with E-state index in [1.54, 1.807) is 0 Å². The minimum absolute atomic E-state index is 0.0296. The monoisotopic (exact) mass is 345 g/mol. The number of hydrogen-bond donors (Lipinski definition) is 2. The average Bonchev–Trinajstić information content (AvgIpc) is 3.05. The first-order valence-corrected chi connectivity index (χ1v) is 8.67. The molecule has 0 spiro atoms. The first-order valence-electron chi connectivity index (χ1n) is 8.29. The van der Waals surface area contributed by atoms with Gasteiger partial charge in [0.1, 0.15) is 0 Å². The molecule has 1 saturated heterocycles. The number of aromatic amines is 1. The number of carbonyl (C=O) groups is 1. The van der Waals surface area contributed by atoms with Gasteiger partial charge >= 0.3 is 0 Å². The van der Waals surface area contributed by atoms with Gasteiger partial charge in [0.25, 0.3) is 5.91 Å². The number of halogens is 1. The van der Waals surface area contributed by atoms with Crippen molar-refractivity contribution < 1.29 is 4.79 Å². The number of piperazine rings is 1. The molecule has 24 heavy (non-hydrogen) atoms. The normalized spacial score (nSPS) is 17.7. The molecule has 2 aliphatic rings. The second-order valence-electron chi connectivity index (χ2n) is 6.22. The Labute approximate surface area is 145 Å². The topological polar surface area (TPSA) is 64.3 Å². The van der Waals surface area contributed by atoms with Gasteiger partial charge in [0.15, 0.2) is 5.69 Å². The molecule has 1 aromatic heterocycles. The summed E-state index contributed by atoms with van der Waals surface area (Å²) in [6.45, 7) is 4.64. The first kappa shape index (κ1) is 15.5. The lowest BCUT2D eigenvalue weighted by molar-refractivity contribution is 0.0739. The maximum atomic E-state index is 12.8. The molecular weight excluding hydrogens is 326 g/mol. The Balaban J connectivity index is 1.44. The van der Waals surface area contributed by atoms with Crippen LogP contribution in [0.4, 0.5) is 5.69 Å². The van der Waals surface area contributed by atoms with Crippen LogP contribution in [0.3, 0.4) is 0 Å². The molecule has 0 bridgehead atoms. The van der Waals surface area contributed by atoms with Crippen LogP contribution in [0, 0.1) is 0 Å². The van der Waals surface area contributed by atoms with Crippen molar-refractivity contribution in [2.45, 2.75) is 13.0 Å². The number of aromatic nitrogens is 2. The summed E-state index contributed by atoms with van der Waals surface area (Å²) in [6, 6.07) is 7.85. The van der Waals surface area contributed by atoms with Gasteiger partial charge in [-0.25, -0.2) is 0 Å². The quantitative estimate of drug-likeness (QED) is 0.869. The molecule has 1 aromatic carbocycles. The van der Waals surface area contributed by atoms with Gasteiger partial charge in [0.2, 0.25) is 0 Å². The zero-order chi connectivity index (χ0) is 16.5. The van der Waals surface area contributed by atoms with Gasteiger partial charge in [-0.1, -0.05) is 17.7 Å². The molecule has 0 atom stereocenters. The van der Waals surface area contributed by atoms with Crippen molar-refractivity contribution in [1.82, 2.24) is 20.4 Å². The van der Waals surface area contributed by atoms with Crippen LogP contribution in [-0.2, 0) is 13.0 Å². The molecule has 0 saturated carbocycles. The first-order chi connectivity index (χ1) is 11.7. The molecule has 0 radical (unpaired) electrons. The van der Waals surface area contributed by atoms with E-state index in [1.807, 2.05) is 23.1 Å².